The molecule has 0 aromatic carbocycles. The molecule has 3 rings (SSSR count). The quantitative estimate of drug-likeness (QED) is 0.806. The van der Waals surface area contributed by atoms with Crippen LogP contribution < -0.4 is 10.6 Å². The molecule has 2 N–H and O–H groups in total. The Morgan fingerprint density at radius 3 is 3.17 bits per heavy atom. The molecule has 0 radical (unpaired) electrons. The largest absolute Gasteiger partial charge is 0.354 e. The van der Waals surface area contributed by atoms with Gasteiger partial charge < -0.3 is 9.88 Å². The van der Waals surface area contributed by atoms with Crippen molar-refractivity contribution in [1.82, 2.24) is 25.4 Å². The Balaban J connectivity index is 1.42. The van der Waals surface area contributed by atoms with Crippen molar-refractivity contribution in [3.63, 3.8) is 0 Å². The number of hydrogen-bond donors (Lipinski definition) is 2. The molecule has 6 nitrogen and oxygen atoms in total. The van der Waals surface area contributed by atoms with Crippen molar-refractivity contribution in [2.45, 2.75) is 51.7 Å². The summed E-state index contributed by atoms with van der Waals surface area (Å²) < 4.78 is 2.18. The highest BCUT2D eigenvalue weighted by Gasteiger charge is 2.17. The molecule has 1 amide bonds. The third-order valence-corrected chi connectivity index (χ3v) is 5.08. The Morgan fingerprint density at radius 2 is 2.35 bits per heavy atom. The van der Waals surface area contributed by atoms with Gasteiger partial charge in [-0.05, 0) is 37.6 Å². The van der Waals surface area contributed by atoms with E-state index in [9.17, 15) is 4.79 Å². The summed E-state index contributed by atoms with van der Waals surface area (Å²) in [6.07, 6.45) is 4.25. The Labute approximate surface area is 140 Å². The first-order chi connectivity index (χ1) is 11.2. The van der Waals surface area contributed by atoms with Crippen molar-refractivity contribution in [2.75, 3.05) is 6.54 Å². The van der Waals surface area contributed by atoms with Crippen LogP contribution in [0.5, 0.6) is 0 Å². The van der Waals surface area contributed by atoms with Gasteiger partial charge in [0, 0.05) is 24.4 Å². The molecule has 2 aromatic rings. The molecule has 1 aliphatic heterocycles. The number of rotatable bonds is 7. The maximum atomic E-state index is 12.1. The van der Waals surface area contributed by atoms with Crippen LogP contribution in [0.4, 0.5) is 0 Å². The van der Waals surface area contributed by atoms with Gasteiger partial charge in [-0.15, -0.1) is 21.5 Å². The van der Waals surface area contributed by atoms with Crippen molar-refractivity contribution in [1.29, 1.82) is 0 Å². The van der Waals surface area contributed by atoms with Gasteiger partial charge in [-0.1, -0.05) is 6.07 Å². The predicted octanol–water partition coefficient (Wildman–Crippen LogP) is 1.51. The number of nitrogens with zero attached hydrogens (tertiary/aromatic N) is 3. The van der Waals surface area contributed by atoms with E-state index in [0.29, 0.717) is 13.1 Å². The number of carbonyl (C=O) groups excluding carboxylic acids is 1. The van der Waals surface area contributed by atoms with E-state index in [0.717, 1.165) is 31.0 Å². The zero-order valence-electron chi connectivity index (χ0n) is 13.4. The van der Waals surface area contributed by atoms with E-state index >= 15 is 0 Å². The molecule has 7 heteroatoms. The van der Waals surface area contributed by atoms with Crippen LogP contribution in [0.3, 0.4) is 0 Å². The molecule has 3 heterocycles. The third-order valence-electron chi connectivity index (χ3n) is 4.15. The molecule has 1 aliphatic rings. The first-order valence-corrected chi connectivity index (χ1v) is 9.06. The second-order valence-corrected chi connectivity index (χ2v) is 6.90. The summed E-state index contributed by atoms with van der Waals surface area (Å²) in [5.41, 5.74) is 0. The average Bonchev–Trinajstić information content (AvgIpc) is 3.22. The monoisotopic (exact) mass is 333 g/mol. The Morgan fingerprint density at radius 1 is 1.43 bits per heavy atom. The normalized spacial score (nSPS) is 15.2. The number of amides is 1. The lowest BCUT2D eigenvalue weighted by Gasteiger charge is -2.17. The smallest absolute Gasteiger partial charge is 0.236 e. The van der Waals surface area contributed by atoms with Gasteiger partial charge >= 0.3 is 0 Å². The van der Waals surface area contributed by atoms with Crippen molar-refractivity contribution in [3.05, 3.63) is 34.0 Å². The van der Waals surface area contributed by atoms with Crippen molar-refractivity contribution >= 4 is 17.2 Å². The van der Waals surface area contributed by atoms with Gasteiger partial charge in [-0.2, -0.15) is 0 Å². The summed E-state index contributed by atoms with van der Waals surface area (Å²) in [6, 6.07) is 3.88. The van der Waals surface area contributed by atoms with Crippen LogP contribution in [0.15, 0.2) is 17.5 Å². The molecular weight excluding hydrogens is 310 g/mol. The lowest BCUT2D eigenvalue weighted by Crippen LogP contribution is -2.42. The van der Waals surface area contributed by atoms with Crippen molar-refractivity contribution in [3.8, 4) is 0 Å². The van der Waals surface area contributed by atoms with Crippen LogP contribution in [0, 0.1) is 0 Å². The summed E-state index contributed by atoms with van der Waals surface area (Å²) >= 11 is 1.72. The molecule has 23 heavy (non-hydrogen) atoms. The van der Waals surface area contributed by atoms with Gasteiger partial charge in [-0.25, -0.2) is 0 Å². The minimum Gasteiger partial charge on any atom is -0.354 e. The summed E-state index contributed by atoms with van der Waals surface area (Å²) in [4.78, 5) is 13.4. The first kappa shape index (κ1) is 16.1. The maximum absolute atomic E-state index is 12.1. The highest BCUT2D eigenvalue weighted by molar-refractivity contribution is 7.09. The number of carbonyl (C=O) groups is 1. The fourth-order valence-electron chi connectivity index (χ4n) is 2.75. The van der Waals surface area contributed by atoms with E-state index in [1.54, 1.807) is 11.3 Å². The van der Waals surface area contributed by atoms with Crippen LogP contribution in [0.25, 0.3) is 0 Å². The maximum Gasteiger partial charge on any atom is 0.236 e. The van der Waals surface area contributed by atoms with Gasteiger partial charge in [0.1, 0.15) is 11.6 Å². The molecular formula is C16H23N5OS. The van der Waals surface area contributed by atoms with E-state index in [4.69, 9.17) is 0 Å². The molecule has 0 spiro atoms. The van der Waals surface area contributed by atoms with Gasteiger partial charge in [0.25, 0.3) is 0 Å². The number of aromatic nitrogens is 3. The van der Waals surface area contributed by atoms with Crippen molar-refractivity contribution < 1.29 is 4.79 Å². The van der Waals surface area contributed by atoms with Crippen LogP contribution in [0.2, 0.25) is 0 Å². The summed E-state index contributed by atoms with van der Waals surface area (Å²) in [7, 11) is 0. The Hall–Kier alpha value is -1.73. The molecule has 0 saturated heterocycles. The number of hydrogen-bond acceptors (Lipinski definition) is 5. The third kappa shape index (κ3) is 4.17. The fourth-order valence-corrected chi connectivity index (χ4v) is 3.46. The summed E-state index contributed by atoms with van der Waals surface area (Å²) in [5.74, 6) is 2.03. The lowest BCUT2D eigenvalue weighted by atomic mass is 10.1. The molecule has 0 fully saturated rings. The second-order valence-electron chi connectivity index (χ2n) is 5.86. The highest BCUT2D eigenvalue weighted by atomic mass is 32.1. The topological polar surface area (TPSA) is 71.8 Å². The minimum absolute atomic E-state index is 0.0277. The summed E-state index contributed by atoms with van der Waals surface area (Å²) in [6.45, 7) is 4.12. The van der Waals surface area contributed by atoms with E-state index < -0.39 is 0 Å². The zero-order valence-corrected chi connectivity index (χ0v) is 14.2. The zero-order chi connectivity index (χ0) is 16.1. The molecule has 124 valence electrons. The molecule has 0 saturated carbocycles. The number of thiophene rings is 1. The first-order valence-electron chi connectivity index (χ1n) is 8.18. The van der Waals surface area contributed by atoms with Crippen LogP contribution in [0.1, 0.15) is 36.3 Å². The average molecular weight is 333 g/mol. The van der Waals surface area contributed by atoms with Crippen LogP contribution in [-0.4, -0.2) is 33.3 Å². The lowest BCUT2D eigenvalue weighted by molar-refractivity contribution is -0.122. The molecule has 2 aromatic heterocycles. The molecule has 0 unspecified atom stereocenters. The Bertz CT molecular complexity index is 637. The van der Waals surface area contributed by atoms with E-state index in [-0.39, 0.29) is 11.9 Å². The molecule has 1 atom stereocenters. The van der Waals surface area contributed by atoms with E-state index in [1.807, 2.05) is 13.0 Å². The van der Waals surface area contributed by atoms with E-state index in [1.165, 1.54) is 17.7 Å². The summed E-state index contributed by atoms with van der Waals surface area (Å²) in [5, 5.41) is 16.8. The predicted molar refractivity (Wildman–Crippen MR) is 90.3 cm³/mol. The fraction of sp³-hybridized carbons (Fsp3) is 0.562. The Kier molecular flexibility index (Phi) is 5.40. The van der Waals surface area contributed by atoms with Gasteiger partial charge in [0.2, 0.25) is 5.91 Å². The minimum atomic E-state index is -0.241. The second kappa shape index (κ2) is 7.70. The number of fused-ring (bicyclic) bond motifs is 1. The standard InChI is InChI=1S/C16H23N5OS/c1-12(16(22)17-8-7-13-5-4-10-23-13)18-11-15-20-19-14-6-2-3-9-21(14)15/h4-5,10,12,18H,2-3,6-9,11H2,1H3,(H,17,22)/t12-/m1/s1. The van der Waals surface area contributed by atoms with Crippen LogP contribution in [-0.2, 0) is 30.7 Å². The van der Waals surface area contributed by atoms with Gasteiger partial charge in [0.05, 0.1) is 12.6 Å². The number of aryl methyl sites for hydroxylation is 1. The van der Waals surface area contributed by atoms with Gasteiger partial charge in [0.15, 0.2) is 0 Å². The van der Waals surface area contributed by atoms with Crippen molar-refractivity contribution in [2.24, 2.45) is 0 Å². The number of nitrogens with one attached hydrogen (secondary N) is 2. The van der Waals surface area contributed by atoms with Gasteiger partial charge in [-0.3, -0.25) is 10.1 Å². The highest BCUT2D eigenvalue weighted by Crippen LogP contribution is 2.14. The van der Waals surface area contributed by atoms with E-state index in [2.05, 4.69) is 36.8 Å². The van der Waals surface area contributed by atoms with Crippen LogP contribution >= 0.6 is 11.3 Å². The SMILES string of the molecule is C[C@@H](NCc1nnc2n1CCCC2)C(=O)NCCc1cccs1. The molecule has 0 aliphatic carbocycles. The molecule has 0 bridgehead atoms.